The number of allylic oxidation sites excluding steroid dienone is 4. The molecule has 0 aromatic heterocycles. The minimum atomic E-state index is -2.34. The highest BCUT2D eigenvalue weighted by Crippen LogP contribution is 2.72. The van der Waals surface area contributed by atoms with Crippen LogP contribution in [0.2, 0.25) is 0 Å². The van der Waals surface area contributed by atoms with Crippen LogP contribution in [-0.2, 0) is 39.9 Å². The number of benzene rings is 2. The van der Waals surface area contributed by atoms with Crippen molar-refractivity contribution in [3.63, 3.8) is 0 Å². The summed E-state index contributed by atoms with van der Waals surface area (Å²) in [5.41, 5.74) is 1.75. The molecule has 12 nitrogen and oxygen atoms in total. The molecule has 0 bridgehead atoms. The fraction of sp³-hybridized carbons (Fsp3) is 0.543. The van der Waals surface area contributed by atoms with Gasteiger partial charge in [-0.15, -0.1) is 0 Å². The fourth-order valence-electron chi connectivity index (χ4n) is 11.2. The second-order valence-corrected chi connectivity index (χ2v) is 18.3. The van der Waals surface area contributed by atoms with Crippen molar-refractivity contribution in [2.75, 3.05) is 30.3 Å². The van der Waals surface area contributed by atoms with Crippen LogP contribution in [0.25, 0.3) is 0 Å². The number of aliphatic hydroxyl groups is 2. The molecule has 6 N–H and O–H groups in total. The number of hydrogen-bond donors (Lipinski definition) is 5. The van der Waals surface area contributed by atoms with Gasteiger partial charge in [0.2, 0.25) is 11.8 Å². The number of ether oxygens (including phenoxy) is 2. The van der Waals surface area contributed by atoms with Gasteiger partial charge in [-0.1, -0.05) is 71.7 Å². The maximum Gasteiger partial charge on any atom is 0.231 e. The predicted octanol–water partition coefficient (Wildman–Crippen LogP) is 5.07. The zero-order valence-electron chi connectivity index (χ0n) is 34.3. The first-order chi connectivity index (χ1) is 29.0. The molecule has 0 radical (unpaired) electrons. The highest BCUT2D eigenvalue weighted by Gasteiger charge is 2.80. The largest absolute Gasteiger partial charge is 0.390 e. The summed E-state index contributed by atoms with van der Waals surface area (Å²) < 4.78 is 46.8. The SMILES string of the molecule is C[C@]12C=CC(=O)C=C1[C@@H](F)C[C@H]1[C@@H]3C[C@H]4O[C@@H](c5ccc(Cc6cccc(NC(=O)[C@H](CCCCN)CC(=O)CNC(=O)CBr)c6)cc5)O[C@@]4(C(=O)CO)[C@@]3(C)C[C@H](O)[C@@]12F. The van der Waals surface area contributed by atoms with Crippen LogP contribution in [0.3, 0.4) is 0 Å². The van der Waals surface area contributed by atoms with Gasteiger partial charge in [-0.2, -0.15) is 0 Å². The van der Waals surface area contributed by atoms with Gasteiger partial charge < -0.3 is 36.1 Å². The number of carbonyl (C=O) groups excluding carboxylic acids is 5. The lowest BCUT2D eigenvalue weighted by atomic mass is 9.44. The summed E-state index contributed by atoms with van der Waals surface area (Å²) in [5.74, 6) is -4.24. The second-order valence-electron chi connectivity index (χ2n) is 17.7. The van der Waals surface area contributed by atoms with Gasteiger partial charge in [-0.05, 0) is 98.9 Å². The summed E-state index contributed by atoms with van der Waals surface area (Å²) in [6.07, 6.45) is 0.463. The highest BCUT2D eigenvalue weighted by molar-refractivity contribution is 9.09. The van der Waals surface area contributed by atoms with Crippen LogP contribution in [-0.4, -0.2) is 94.1 Å². The number of rotatable bonds is 16. The highest BCUT2D eigenvalue weighted by atomic mass is 79.9. The number of alkyl halides is 3. The number of nitrogens with one attached hydrogen (secondary N) is 2. The predicted molar refractivity (Wildman–Crippen MR) is 225 cm³/mol. The van der Waals surface area contributed by atoms with E-state index in [2.05, 4.69) is 26.6 Å². The number of aliphatic hydroxyl groups excluding tert-OH is 2. The molecule has 1 saturated heterocycles. The van der Waals surface area contributed by atoms with Crippen LogP contribution in [0.1, 0.15) is 81.8 Å². The number of carbonyl (C=O) groups is 5. The third kappa shape index (κ3) is 7.88. The van der Waals surface area contributed by atoms with Crippen molar-refractivity contribution in [2.45, 2.75) is 101 Å². The maximum absolute atomic E-state index is 17.7. The van der Waals surface area contributed by atoms with E-state index in [-0.39, 0.29) is 60.7 Å². The monoisotopic (exact) mass is 909 g/mol. The Morgan fingerprint density at radius 2 is 1.80 bits per heavy atom. The number of nitrogens with two attached hydrogens (primary N) is 1. The van der Waals surface area contributed by atoms with E-state index in [1.807, 2.05) is 42.5 Å². The minimum absolute atomic E-state index is 0.00910. The average molecular weight is 911 g/mol. The zero-order valence-corrected chi connectivity index (χ0v) is 35.9. The Kier molecular flexibility index (Phi) is 13.0. The van der Waals surface area contributed by atoms with Crippen LogP contribution < -0.4 is 16.4 Å². The molecule has 61 heavy (non-hydrogen) atoms. The van der Waals surface area contributed by atoms with Crippen LogP contribution in [0.5, 0.6) is 0 Å². The lowest BCUT2D eigenvalue weighted by Crippen LogP contribution is -2.70. The molecule has 3 saturated carbocycles. The first-order valence-electron chi connectivity index (χ1n) is 21.0. The van der Waals surface area contributed by atoms with Gasteiger partial charge in [-0.25, -0.2) is 8.78 Å². The van der Waals surface area contributed by atoms with E-state index in [0.717, 1.165) is 17.2 Å². The number of hydrogen-bond acceptors (Lipinski definition) is 10. The number of halogens is 3. The maximum atomic E-state index is 17.7. The average Bonchev–Trinajstić information content (AvgIpc) is 3.74. The molecule has 1 heterocycles. The van der Waals surface area contributed by atoms with Crippen molar-refractivity contribution in [3.8, 4) is 0 Å². The number of ketones is 3. The first kappa shape index (κ1) is 45.0. The topological polar surface area (TPSA) is 194 Å². The molecule has 4 aliphatic carbocycles. The molecule has 4 fully saturated rings. The number of unbranched alkanes of at least 4 members (excludes halogenated alkanes) is 1. The lowest BCUT2D eigenvalue weighted by Gasteiger charge is -2.63. The Morgan fingerprint density at radius 1 is 1.05 bits per heavy atom. The normalized spacial score (nSPS) is 34.0. The smallest absolute Gasteiger partial charge is 0.231 e. The second kappa shape index (κ2) is 17.6. The van der Waals surface area contributed by atoms with Crippen molar-refractivity contribution in [2.24, 2.45) is 34.3 Å². The van der Waals surface area contributed by atoms with E-state index in [1.54, 1.807) is 13.0 Å². The van der Waals surface area contributed by atoms with E-state index in [1.165, 1.54) is 19.1 Å². The van der Waals surface area contributed by atoms with Gasteiger partial charge in [0.15, 0.2) is 34.9 Å². The van der Waals surface area contributed by atoms with Crippen molar-refractivity contribution >= 4 is 50.8 Å². The first-order valence-corrected chi connectivity index (χ1v) is 22.1. The summed E-state index contributed by atoms with van der Waals surface area (Å²) in [7, 11) is 0. The summed E-state index contributed by atoms with van der Waals surface area (Å²) in [5, 5.41) is 27.7. The molecular formula is C46H54BrF2N3O9. The number of Topliss-reactive ketones (excluding diaryl/α,β-unsaturated/α-hetero) is 2. The Morgan fingerprint density at radius 3 is 2.51 bits per heavy atom. The van der Waals surface area contributed by atoms with E-state index < -0.39 is 82.7 Å². The van der Waals surface area contributed by atoms with E-state index in [9.17, 15) is 34.2 Å². The fourth-order valence-corrected chi connectivity index (χ4v) is 11.4. The van der Waals surface area contributed by atoms with E-state index in [4.69, 9.17) is 15.2 Å². The third-order valence-corrected chi connectivity index (χ3v) is 14.7. The van der Waals surface area contributed by atoms with E-state index in [0.29, 0.717) is 43.5 Å². The molecule has 2 aromatic rings. The molecule has 2 aromatic carbocycles. The molecule has 15 heteroatoms. The standard InChI is InChI=1S/C46H54BrF2N3O9/c1-43-14-13-31(54)19-35(43)36(48)20-34-33-21-39-46(38(57)25-53,44(33,2)22-37(56)45(34,43)49)61-42(60-39)28-11-9-26(10-12-28)16-27-6-5-8-30(17-27)52-41(59)29(7-3-4-15-50)18-32(55)24-51-40(58)23-47/h5-6,8-14,17,19,29,33-34,36-37,39,42,53,56H,3-4,7,15-16,18,20-25,50H2,1-2H3,(H,51,58)(H,52,59)/t29-,33+,34+,36+,37+,39-,42-,43+,44+,45+,46-/m1/s1. The zero-order chi connectivity index (χ0) is 43.9. The van der Waals surface area contributed by atoms with E-state index >= 15 is 8.78 Å². The summed E-state index contributed by atoms with van der Waals surface area (Å²) in [6.45, 7) is 2.70. The molecule has 5 aliphatic rings. The summed E-state index contributed by atoms with van der Waals surface area (Å²) in [6, 6.07) is 14.8. The lowest BCUT2D eigenvalue weighted by molar-refractivity contribution is -0.235. The van der Waals surface area contributed by atoms with Gasteiger partial charge in [0, 0.05) is 40.3 Å². The molecule has 11 atom stereocenters. The van der Waals surface area contributed by atoms with Crippen LogP contribution in [0.15, 0.2) is 72.3 Å². The molecule has 1 aliphatic heterocycles. The molecular weight excluding hydrogens is 856 g/mol. The quantitative estimate of drug-likeness (QED) is 0.112. The Balaban J connectivity index is 1.04. The van der Waals surface area contributed by atoms with Gasteiger partial charge in [0.25, 0.3) is 0 Å². The van der Waals surface area contributed by atoms with Crippen molar-refractivity contribution in [3.05, 3.63) is 89.0 Å². The molecule has 0 unspecified atom stereocenters. The van der Waals surface area contributed by atoms with Crippen LogP contribution in [0.4, 0.5) is 14.5 Å². The summed E-state index contributed by atoms with van der Waals surface area (Å²) in [4.78, 5) is 63.8. The molecule has 2 amide bonds. The molecule has 7 rings (SSSR count). The number of anilines is 1. The van der Waals surface area contributed by atoms with Gasteiger partial charge in [0.1, 0.15) is 12.8 Å². The van der Waals surface area contributed by atoms with Crippen LogP contribution >= 0.6 is 15.9 Å². The van der Waals surface area contributed by atoms with Crippen molar-refractivity contribution in [1.82, 2.24) is 5.32 Å². The minimum Gasteiger partial charge on any atom is -0.390 e. The van der Waals surface area contributed by atoms with Crippen molar-refractivity contribution in [1.29, 1.82) is 0 Å². The molecule has 328 valence electrons. The third-order valence-electron chi connectivity index (χ3n) is 14.2. The Hall–Kier alpha value is -3.99. The van der Waals surface area contributed by atoms with Crippen molar-refractivity contribution < 1.29 is 52.4 Å². The van der Waals surface area contributed by atoms with Gasteiger partial charge in [-0.3, -0.25) is 24.0 Å². The summed E-state index contributed by atoms with van der Waals surface area (Å²) >= 11 is 3.05. The Labute approximate surface area is 362 Å². The Bertz CT molecular complexity index is 2120. The van der Waals surface area contributed by atoms with Gasteiger partial charge >= 0.3 is 0 Å². The van der Waals surface area contributed by atoms with Crippen LogP contribution in [0, 0.1) is 28.6 Å². The number of amides is 2. The number of fused-ring (bicyclic) bond motifs is 7. The van der Waals surface area contributed by atoms with Gasteiger partial charge in [0.05, 0.1) is 24.1 Å². The molecule has 0 spiro atoms.